The van der Waals surface area contributed by atoms with Gasteiger partial charge in [-0.25, -0.2) is 4.79 Å². The summed E-state index contributed by atoms with van der Waals surface area (Å²) in [6.07, 6.45) is 0. The van der Waals surface area contributed by atoms with Gasteiger partial charge >= 0.3 is 11.1 Å². The molecule has 1 amide bonds. The Kier molecular flexibility index (Phi) is 4.07. The number of hydrogen-bond acceptors (Lipinski definition) is 4. The molecule has 3 rings (SSSR count). The molecule has 4 nitrogen and oxygen atoms in total. The number of benzene rings is 2. The zero-order chi connectivity index (χ0) is 16.4. The van der Waals surface area contributed by atoms with Crippen LogP contribution in [-0.2, 0) is 4.79 Å². The molecule has 0 fully saturated rings. The van der Waals surface area contributed by atoms with Crippen LogP contribution < -0.4 is 10.3 Å². The van der Waals surface area contributed by atoms with Crippen molar-refractivity contribution in [3.63, 3.8) is 0 Å². The van der Waals surface area contributed by atoms with E-state index in [1.54, 1.807) is 6.92 Å². The number of rotatable bonds is 2. The topological polar surface area (TPSA) is 55.5 Å². The Morgan fingerprint density at radius 1 is 1.04 bits per heavy atom. The molecule has 1 unspecified atom stereocenters. The fraction of sp³-hybridized carbons (Fsp3) is 0.111. The van der Waals surface area contributed by atoms with E-state index in [-0.39, 0.29) is 10.4 Å². The van der Waals surface area contributed by atoms with E-state index >= 15 is 0 Å². The summed E-state index contributed by atoms with van der Waals surface area (Å²) in [6.45, 7) is 3.59. The summed E-state index contributed by atoms with van der Waals surface area (Å²) in [6, 6.07) is 19.6. The van der Waals surface area contributed by atoms with E-state index in [4.69, 9.17) is 5.84 Å². The number of quaternary nitrogens is 1. The number of hydrazone groups is 1. The fourth-order valence-electron chi connectivity index (χ4n) is 3.06. The number of amides is 1. The van der Waals surface area contributed by atoms with Gasteiger partial charge in [-0.2, -0.15) is 0 Å². The molecular weight excluding hydrogens is 306 g/mol. The lowest BCUT2D eigenvalue weighted by Gasteiger charge is -2.30. The normalized spacial score (nSPS) is 22.6. The average molecular weight is 324 g/mol. The number of nitrogens with zero attached hydrogens (tertiary/aromatic N) is 2. The third kappa shape index (κ3) is 2.29. The Labute approximate surface area is 139 Å². The standard InChI is InChI=1S/C18H18N3OS/c1-13-17(15-9-5-3-6-10-15)21(14(2)22,18(20-19)23-13)16-11-7-4-8-12-16/h3-12H,19H2,1-2H3/q+1. The molecule has 0 saturated carbocycles. The van der Waals surface area contributed by atoms with Crippen LogP contribution in [0.4, 0.5) is 5.69 Å². The van der Waals surface area contributed by atoms with E-state index in [0.29, 0.717) is 5.17 Å². The number of carbonyl (C=O) groups excluding carboxylic acids is 1. The van der Waals surface area contributed by atoms with E-state index in [0.717, 1.165) is 21.9 Å². The van der Waals surface area contributed by atoms with Gasteiger partial charge in [-0.15, -0.1) is 9.58 Å². The van der Waals surface area contributed by atoms with Crippen molar-refractivity contribution in [1.82, 2.24) is 4.48 Å². The minimum atomic E-state index is -0.0716. The minimum Gasteiger partial charge on any atom is -0.317 e. The second kappa shape index (κ2) is 6.02. The summed E-state index contributed by atoms with van der Waals surface area (Å²) in [5.41, 5.74) is 2.75. The highest BCUT2D eigenvalue weighted by Crippen LogP contribution is 2.48. The van der Waals surface area contributed by atoms with Crippen molar-refractivity contribution in [3.8, 4) is 0 Å². The number of para-hydroxylation sites is 1. The molecule has 1 aliphatic rings. The molecule has 1 atom stereocenters. The number of allylic oxidation sites excluding steroid dienone is 1. The summed E-state index contributed by atoms with van der Waals surface area (Å²) >= 11 is 1.45. The maximum atomic E-state index is 12.9. The van der Waals surface area contributed by atoms with Crippen LogP contribution in [0.15, 0.2) is 70.7 Å². The molecular formula is C18H18N3OS+. The third-order valence-corrected chi connectivity index (χ3v) is 5.04. The van der Waals surface area contributed by atoms with Gasteiger partial charge in [-0.3, -0.25) is 0 Å². The molecule has 1 aliphatic heterocycles. The van der Waals surface area contributed by atoms with E-state index in [2.05, 4.69) is 5.10 Å². The molecule has 0 aliphatic carbocycles. The lowest BCUT2D eigenvalue weighted by atomic mass is 10.1. The summed E-state index contributed by atoms with van der Waals surface area (Å²) in [5.74, 6) is 5.62. The van der Waals surface area contributed by atoms with Crippen LogP contribution in [0, 0.1) is 0 Å². The average Bonchev–Trinajstić information content (AvgIpc) is 2.89. The number of carbonyl (C=O) groups is 1. The van der Waals surface area contributed by atoms with Crippen LogP contribution in [0.5, 0.6) is 0 Å². The molecule has 0 bridgehead atoms. The van der Waals surface area contributed by atoms with Gasteiger partial charge in [0, 0.05) is 17.7 Å². The van der Waals surface area contributed by atoms with Crippen molar-refractivity contribution in [2.24, 2.45) is 10.9 Å². The molecule has 1 heterocycles. The monoisotopic (exact) mass is 324 g/mol. The Morgan fingerprint density at radius 2 is 1.61 bits per heavy atom. The molecule has 116 valence electrons. The fourth-order valence-corrected chi connectivity index (χ4v) is 4.20. The van der Waals surface area contributed by atoms with Crippen LogP contribution in [0.25, 0.3) is 5.70 Å². The zero-order valence-corrected chi connectivity index (χ0v) is 13.9. The van der Waals surface area contributed by atoms with Gasteiger partial charge in [0.05, 0.1) is 11.8 Å². The van der Waals surface area contributed by atoms with Gasteiger partial charge in [-0.1, -0.05) is 36.4 Å². The molecule has 0 spiro atoms. The highest BCUT2D eigenvalue weighted by Gasteiger charge is 2.53. The first kappa shape index (κ1) is 15.5. The summed E-state index contributed by atoms with van der Waals surface area (Å²) in [5, 5.41) is 4.52. The van der Waals surface area contributed by atoms with E-state index < -0.39 is 0 Å². The molecule has 2 aromatic rings. The number of amidine groups is 1. The quantitative estimate of drug-likeness (QED) is 0.518. The van der Waals surface area contributed by atoms with Crippen molar-refractivity contribution >= 4 is 34.2 Å². The second-order valence-corrected chi connectivity index (χ2v) is 6.49. The van der Waals surface area contributed by atoms with Gasteiger partial charge in [0.1, 0.15) is 0 Å². The van der Waals surface area contributed by atoms with Gasteiger partial charge in [0.2, 0.25) is 0 Å². The van der Waals surface area contributed by atoms with Gasteiger partial charge in [-0.05, 0) is 30.8 Å². The Hall–Kier alpha value is -2.37. The molecule has 2 aromatic carbocycles. The Bertz CT molecular complexity index is 800. The van der Waals surface area contributed by atoms with Gasteiger partial charge < -0.3 is 5.84 Å². The van der Waals surface area contributed by atoms with E-state index in [1.165, 1.54) is 11.8 Å². The van der Waals surface area contributed by atoms with Crippen LogP contribution >= 0.6 is 11.8 Å². The molecule has 0 saturated heterocycles. The SMILES string of the molecule is CC(=O)[N+]1(c2ccccc2)C(=NN)SC(C)=C1c1ccccc1. The van der Waals surface area contributed by atoms with Gasteiger partial charge in [0.25, 0.3) is 0 Å². The Morgan fingerprint density at radius 3 is 2.13 bits per heavy atom. The molecule has 0 aromatic heterocycles. The van der Waals surface area contributed by atoms with Crippen LogP contribution in [0.1, 0.15) is 19.4 Å². The number of hydrogen-bond donors (Lipinski definition) is 1. The Balaban J connectivity index is 2.36. The third-order valence-electron chi connectivity index (χ3n) is 3.97. The van der Waals surface area contributed by atoms with Crippen molar-refractivity contribution in [1.29, 1.82) is 0 Å². The maximum absolute atomic E-state index is 12.9. The second-order valence-electron chi connectivity index (χ2n) is 5.31. The first-order valence-electron chi connectivity index (χ1n) is 7.31. The zero-order valence-electron chi connectivity index (χ0n) is 13.1. The lowest BCUT2D eigenvalue weighted by molar-refractivity contribution is -0.122. The smallest absolute Gasteiger partial charge is 0.317 e. The van der Waals surface area contributed by atoms with E-state index in [9.17, 15) is 4.79 Å². The van der Waals surface area contributed by atoms with Gasteiger partial charge in [0.15, 0.2) is 11.4 Å². The van der Waals surface area contributed by atoms with E-state index in [1.807, 2.05) is 67.6 Å². The van der Waals surface area contributed by atoms with Crippen molar-refractivity contribution < 1.29 is 4.79 Å². The molecule has 5 heteroatoms. The van der Waals surface area contributed by atoms with Crippen molar-refractivity contribution in [3.05, 3.63) is 71.1 Å². The predicted molar refractivity (Wildman–Crippen MR) is 97.2 cm³/mol. The molecule has 23 heavy (non-hydrogen) atoms. The minimum absolute atomic E-state index is 0.0383. The first-order valence-corrected chi connectivity index (χ1v) is 8.13. The highest BCUT2D eigenvalue weighted by atomic mass is 32.2. The molecule has 2 N–H and O–H groups in total. The highest BCUT2D eigenvalue weighted by molar-refractivity contribution is 8.18. The van der Waals surface area contributed by atoms with Crippen LogP contribution in [-0.4, -0.2) is 11.1 Å². The lowest BCUT2D eigenvalue weighted by Crippen LogP contribution is -2.52. The largest absolute Gasteiger partial charge is 0.327 e. The maximum Gasteiger partial charge on any atom is 0.327 e. The molecule has 0 radical (unpaired) electrons. The predicted octanol–water partition coefficient (Wildman–Crippen LogP) is 3.91. The summed E-state index contributed by atoms with van der Waals surface area (Å²) in [7, 11) is 0. The summed E-state index contributed by atoms with van der Waals surface area (Å²) < 4.78 is -0.0716. The van der Waals surface area contributed by atoms with Crippen molar-refractivity contribution in [2.45, 2.75) is 13.8 Å². The first-order chi connectivity index (χ1) is 11.1. The van der Waals surface area contributed by atoms with Crippen molar-refractivity contribution in [2.75, 3.05) is 0 Å². The van der Waals surface area contributed by atoms with Crippen LogP contribution in [0.3, 0.4) is 0 Å². The number of thioether (sulfide) groups is 1. The van der Waals surface area contributed by atoms with Crippen LogP contribution in [0.2, 0.25) is 0 Å². The number of nitrogens with two attached hydrogens (primary N) is 1. The summed E-state index contributed by atoms with van der Waals surface area (Å²) in [4.78, 5) is 13.9.